The molecule has 2 saturated carbocycles. The molecule has 11 heteroatoms. The largest absolute Gasteiger partial charge is 0.416 e. The summed E-state index contributed by atoms with van der Waals surface area (Å²) in [5, 5.41) is 2.84. The lowest BCUT2D eigenvalue weighted by molar-refractivity contribution is -0.137. The van der Waals surface area contributed by atoms with Crippen LogP contribution in [-0.2, 0) is 20.8 Å². The average molecular weight is 539 g/mol. The topological polar surface area (TPSA) is 83.6 Å². The van der Waals surface area contributed by atoms with E-state index >= 15 is 0 Å². The molecule has 2 aromatic carbocycles. The van der Waals surface area contributed by atoms with Gasteiger partial charge in [0.15, 0.2) is 9.84 Å². The number of nitrogens with zero attached hydrogens (tertiary/aromatic N) is 1. The zero-order valence-electron chi connectivity index (χ0n) is 20.1. The molecule has 0 spiro atoms. The molecule has 0 radical (unpaired) electrons. The molecule has 1 saturated heterocycles. The van der Waals surface area contributed by atoms with E-state index in [9.17, 15) is 35.6 Å². The van der Waals surface area contributed by atoms with Crippen molar-refractivity contribution >= 4 is 21.7 Å². The summed E-state index contributed by atoms with van der Waals surface area (Å²) in [6.07, 6.45) is -2.26. The van der Waals surface area contributed by atoms with Gasteiger partial charge in [0.1, 0.15) is 11.9 Å². The van der Waals surface area contributed by atoms with Crippen molar-refractivity contribution in [3.8, 4) is 0 Å². The van der Waals surface area contributed by atoms with Crippen molar-refractivity contribution in [1.29, 1.82) is 0 Å². The summed E-state index contributed by atoms with van der Waals surface area (Å²) in [7, 11) is -3.54. The second kappa shape index (κ2) is 8.82. The number of rotatable bonds is 6. The van der Waals surface area contributed by atoms with Crippen LogP contribution >= 0.6 is 0 Å². The molecule has 2 aliphatic carbocycles. The molecule has 4 unspecified atom stereocenters. The van der Waals surface area contributed by atoms with Gasteiger partial charge in [-0.05, 0) is 66.8 Å². The van der Waals surface area contributed by atoms with Gasteiger partial charge in [-0.15, -0.1) is 0 Å². The molecule has 5 rings (SSSR count). The smallest absolute Gasteiger partial charge is 0.347 e. The molecule has 3 fully saturated rings. The van der Waals surface area contributed by atoms with Gasteiger partial charge in [0, 0.05) is 23.9 Å². The first-order chi connectivity index (χ1) is 17.3. The van der Waals surface area contributed by atoms with Gasteiger partial charge in [-0.1, -0.05) is 19.1 Å². The lowest BCUT2D eigenvalue weighted by Gasteiger charge is -2.30. The minimum atomic E-state index is -4.69. The number of alkyl halides is 3. The van der Waals surface area contributed by atoms with Crippen molar-refractivity contribution in [2.75, 3.05) is 12.8 Å². The molecule has 5 atom stereocenters. The van der Waals surface area contributed by atoms with Gasteiger partial charge in [0.05, 0.1) is 16.5 Å². The highest BCUT2D eigenvalue weighted by Crippen LogP contribution is 2.55. The van der Waals surface area contributed by atoms with Crippen molar-refractivity contribution < 1.29 is 35.6 Å². The third kappa shape index (κ3) is 4.85. The number of benzene rings is 2. The van der Waals surface area contributed by atoms with Crippen molar-refractivity contribution in [3.63, 3.8) is 0 Å². The molecule has 1 heterocycles. The fourth-order valence-corrected chi connectivity index (χ4v) is 6.23. The molecule has 6 nitrogen and oxygen atoms in total. The number of fused-ring (bicyclic) bond motifs is 1. The predicted molar refractivity (Wildman–Crippen MR) is 126 cm³/mol. The van der Waals surface area contributed by atoms with E-state index in [1.807, 2.05) is 6.92 Å². The molecule has 0 bridgehead atoms. The van der Waals surface area contributed by atoms with Crippen LogP contribution in [-0.4, -0.2) is 44.0 Å². The van der Waals surface area contributed by atoms with Crippen LogP contribution in [0.25, 0.3) is 0 Å². The van der Waals surface area contributed by atoms with E-state index in [4.69, 9.17) is 0 Å². The van der Waals surface area contributed by atoms with Gasteiger partial charge in [-0.3, -0.25) is 9.59 Å². The van der Waals surface area contributed by atoms with Crippen LogP contribution in [0.5, 0.6) is 0 Å². The van der Waals surface area contributed by atoms with Crippen LogP contribution in [0.1, 0.15) is 47.3 Å². The van der Waals surface area contributed by atoms with Crippen LogP contribution < -0.4 is 5.32 Å². The molecular weight excluding hydrogens is 512 g/mol. The van der Waals surface area contributed by atoms with Crippen LogP contribution in [0.3, 0.4) is 0 Å². The second-order valence-corrected chi connectivity index (χ2v) is 12.4. The summed E-state index contributed by atoms with van der Waals surface area (Å²) in [4.78, 5) is 28.4. The van der Waals surface area contributed by atoms with E-state index in [1.165, 1.54) is 29.2 Å². The predicted octanol–water partition coefficient (Wildman–Crippen LogP) is 4.22. The Labute approximate surface area is 212 Å². The van der Waals surface area contributed by atoms with Crippen molar-refractivity contribution in [3.05, 3.63) is 65.0 Å². The first-order valence-corrected chi connectivity index (χ1v) is 13.9. The fraction of sp³-hybridized carbons (Fsp3) is 0.462. The third-order valence-electron chi connectivity index (χ3n) is 7.84. The van der Waals surface area contributed by atoms with Gasteiger partial charge >= 0.3 is 6.18 Å². The monoisotopic (exact) mass is 538 g/mol. The first-order valence-electron chi connectivity index (χ1n) is 12.1. The summed E-state index contributed by atoms with van der Waals surface area (Å²) < 4.78 is 77.7. The zero-order chi connectivity index (χ0) is 26.9. The lowest BCUT2D eigenvalue weighted by Crippen LogP contribution is -2.50. The third-order valence-corrected chi connectivity index (χ3v) is 8.95. The highest BCUT2D eigenvalue weighted by molar-refractivity contribution is 7.90. The number of likely N-dealkylation sites (tertiary alicyclic amines) is 1. The van der Waals surface area contributed by atoms with Crippen LogP contribution in [0.15, 0.2) is 47.4 Å². The van der Waals surface area contributed by atoms with Gasteiger partial charge in [-0.25, -0.2) is 12.8 Å². The minimum Gasteiger partial charge on any atom is -0.347 e. The Morgan fingerprint density at radius 3 is 2.41 bits per heavy atom. The number of hydrogen-bond donors (Lipinski definition) is 1. The van der Waals surface area contributed by atoms with Crippen LogP contribution in [0.4, 0.5) is 17.6 Å². The van der Waals surface area contributed by atoms with E-state index in [-0.39, 0.29) is 39.7 Å². The van der Waals surface area contributed by atoms with Gasteiger partial charge in [0.25, 0.3) is 5.91 Å². The van der Waals surface area contributed by atoms with Crippen LogP contribution in [0.2, 0.25) is 0 Å². The maximum Gasteiger partial charge on any atom is 0.416 e. The molecule has 2 aromatic rings. The SMILES string of the molecule is CC1C2CN(C(=O)c3cccc(S(C)(=O)=O)c3)[C@@H](C(=O)NC(c3ccc(C(F)(F)F)cc3F)C3CC3)C12. The Bertz CT molecular complexity index is 1370. The molecular formula is C26H26F4N2O4S. The van der Waals surface area contributed by atoms with Crippen molar-refractivity contribution in [1.82, 2.24) is 10.2 Å². The number of carbonyl (C=O) groups excluding carboxylic acids is 2. The number of halogens is 4. The van der Waals surface area contributed by atoms with Crippen LogP contribution in [0, 0.1) is 29.5 Å². The normalized spacial score (nSPS) is 25.9. The quantitative estimate of drug-likeness (QED) is 0.559. The number of carbonyl (C=O) groups is 2. The molecule has 3 aliphatic rings. The summed E-state index contributed by atoms with van der Waals surface area (Å²) in [6.45, 7) is 2.31. The standard InChI is InChI=1S/C26H26F4N2O4S/c1-13-19-12-32(25(34)15-4-3-5-17(10-15)37(2,35)36)23(21(13)19)24(33)31-22(14-6-7-14)18-9-8-16(11-20(18)27)26(28,29)30/h3-5,8-11,13-14,19,21-23H,6-7,12H2,1-2H3,(H,31,33)/t13?,19?,21?,22?,23-/m1/s1. The summed E-state index contributed by atoms with van der Waals surface area (Å²) in [6, 6.07) is 6.29. The Morgan fingerprint density at radius 1 is 1.11 bits per heavy atom. The van der Waals surface area contributed by atoms with E-state index in [0.29, 0.717) is 25.5 Å². The molecule has 1 N–H and O–H groups in total. The van der Waals surface area contributed by atoms with E-state index < -0.39 is 51.3 Å². The maximum absolute atomic E-state index is 14.8. The Morgan fingerprint density at radius 2 is 1.81 bits per heavy atom. The molecule has 0 aromatic heterocycles. The summed E-state index contributed by atoms with van der Waals surface area (Å²) >= 11 is 0. The average Bonchev–Trinajstić information content (AvgIpc) is 3.73. The van der Waals surface area contributed by atoms with Gasteiger partial charge < -0.3 is 10.2 Å². The fourth-order valence-electron chi connectivity index (χ4n) is 5.56. The van der Waals surface area contributed by atoms with E-state index in [1.54, 1.807) is 0 Å². The molecule has 2 amide bonds. The lowest BCUT2D eigenvalue weighted by atomic mass is 9.98. The van der Waals surface area contributed by atoms with Crippen molar-refractivity contribution in [2.45, 2.75) is 42.9 Å². The number of amides is 2. The maximum atomic E-state index is 14.8. The molecule has 37 heavy (non-hydrogen) atoms. The first kappa shape index (κ1) is 25.7. The van der Waals surface area contributed by atoms with Gasteiger partial charge in [-0.2, -0.15) is 13.2 Å². The molecule has 198 valence electrons. The Hall–Kier alpha value is -2.95. The minimum absolute atomic E-state index is 0.0105. The summed E-state index contributed by atoms with van der Waals surface area (Å²) in [5.74, 6) is -1.90. The number of hydrogen-bond acceptors (Lipinski definition) is 4. The highest BCUT2D eigenvalue weighted by atomic mass is 32.2. The summed E-state index contributed by atoms with van der Waals surface area (Å²) in [5.41, 5.74) is -0.976. The van der Waals surface area contributed by atoms with Crippen molar-refractivity contribution in [2.24, 2.45) is 23.7 Å². The second-order valence-electron chi connectivity index (χ2n) is 10.4. The number of nitrogens with one attached hydrogen (secondary N) is 1. The van der Waals surface area contributed by atoms with Gasteiger partial charge in [0.2, 0.25) is 5.91 Å². The van der Waals surface area contributed by atoms with E-state index in [0.717, 1.165) is 18.4 Å². The highest BCUT2D eigenvalue weighted by Gasteiger charge is 2.62. The zero-order valence-corrected chi connectivity index (χ0v) is 20.9. The Kier molecular flexibility index (Phi) is 6.12. The number of sulfone groups is 1. The Balaban J connectivity index is 1.40. The van der Waals surface area contributed by atoms with E-state index in [2.05, 4.69) is 5.32 Å². The number of piperidine rings is 1. The molecule has 1 aliphatic heterocycles.